The van der Waals surface area contributed by atoms with Gasteiger partial charge in [0, 0.05) is 26.2 Å². The number of carbonyl (C=O) groups is 3. The third-order valence-corrected chi connectivity index (χ3v) is 4.01. The molecule has 2 amide bonds. The quantitative estimate of drug-likeness (QED) is 0.807. The highest BCUT2D eigenvalue weighted by molar-refractivity contribution is 6.21. The van der Waals surface area contributed by atoms with Gasteiger partial charge in [0.1, 0.15) is 0 Å². The molecule has 1 fully saturated rings. The van der Waals surface area contributed by atoms with Crippen molar-refractivity contribution >= 4 is 17.8 Å². The highest BCUT2D eigenvalue weighted by atomic mass is 16.4. The first-order valence-electron chi connectivity index (χ1n) is 6.95. The minimum absolute atomic E-state index is 0.184. The van der Waals surface area contributed by atoms with Crippen molar-refractivity contribution in [2.45, 2.75) is 6.42 Å². The van der Waals surface area contributed by atoms with Crippen molar-refractivity contribution < 1.29 is 19.5 Å². The van der Waals surface area contributed by atoms with Crippen molar-refractivity contribution in [1.29, 1.82) is 0 Å². The molecule has 6 heteroatoms. The molecule has 21 heavy (non-hydrogen) atoms. The van der Waals surface area contributed by atoms with Crippen LogP contribution in [0.5, 0.6) is 0 Å². The number of hydrogen-bond acceptors (Lipinski definition) is 4. The van der Waals surface area contributed by atoms with E-state index in [1.54, 1.807) is 24.3 Å². The van der Waals surface area contributed by atoms with Crippen LogP contribution in [0.4, 0.5) is 0 Å². The number of carboxylic acids is 1. The molecule has 110 valence electrons. The number of fused-ring (bicyclic) bond motifs is 1. The van der Waals surface area contributed by atoms with Crippen LogP contribution in [0.1, 0.15) is 27.1 Å². The predicted molar refractivity (Wildman–Crippen MR) is 74.0 cm³/mol. The molecule has 6 nitrogen and oxygen atoms in total. The molecule has 0 bridgehead atoms. The fraction of sp³-hybridized carbons (Fsp3) is 0.400. The van der Waals surface area contributed by atoms with E-state index in [0.29, 0.717) is 24.2 Å². The van der Waals surface area contributed by atoms with Crippen LogP contribution >= 0.6 is 0 Å². The largest absolute Gasteiger partial charge is 0.481 e. The Morgan fingerprint density at radius 1 is 1.10 bits per heavy atom. The number of likely N-dealkylation sites (tertiary alicyclic amines) is 1. The molecular formula is C15H16N2O4. The zero-order valence-corrected chi connectivity index (χ0v) is 11.5. The number of amides is 2. The van der Waals surface area contributed by atoms with Crippen molar-refractivity contribution in [3.63, 3.8) is 0 Å². The SMILES string of the molecule is O=C(O)CC1CN(CCN2C(=O)c3ccccc3C2=O)C1. The minimum atomic E-state index is -0.778. The van der Waals surface area contributed by atoms with Crippen LogP contribution in [0, 0.1) is 5.92 Å². The van der Waals surface area contributed by atoms with E-state index in [1.165, 1.54) is 4.90 Å². The Balaban J connectivity index is 1.53. The average Bonchev–Trinajstić information content (AvgIpc) is 2.66. The summed E-state index contributed by atoms with van der Waals surface area (Å²) in [4.78, 5) is 38.2. The number of carbonyl (C=O) groups excluding carboxylic acids is 2. The fourth-order valence-electron chi connectivity index (χ4n) is 2.92. The van der Waals surface area contributed by atoms with Gasteiger partial charge in [0.2, 0.25) is 0 Å². The Hall–Kier alpha value is -2.21. The van der Waals surface area contributed by atoms with Crippen LogP contribution in [-0.4, -0.2) is 58.9 Å². The van der Waals surface area contributed by atoms with Crippen LogP contribution in [0.2, 0.25) is 0 Å². The molecule has 1 aromatic carbocycles. The van der Waals surface area contributed by atoms with Gasteiger partial charge in [0.15, 0.2) is 0 Å². The molecule has 0 atom stereocenters. The van der Waals surface area contributed by atoms with Gasteiger partial charge >= 0.3 is 5.97 Å². The lowest BCUT2D eigenvalue weighted by Gasteiger charge is -2.39. The summed E-state index contributed by atoms with van der Waals surface area (Å²) < 4.78 is 0. The summed E-state index contributed by atoms with van der Waals surface area (Å²) in [7, 11) is 0. The number of benzene rings is 1. The Morgan fingerprint density at radius 3 is 2.19 bits per heavy atom. The molecule has 2 aliphatic rings. The number of hydrogen-bond donors (Lipinski definition) is 1. The third-order valence-electron chi connectivity index (χ3n) is 4.01. The third kappa shape index (κ3) is 2.54. The molecule has 1 saturated heterocycles. The molecule has 2 heterocycles. The lowest BCUT2D eigenvalue weighted by atomic mass is 9.96. The minimum Gasteiger partial charge on any atom is -0.481 e. The van der Waals surface area contributed by atoms with Crippen molar-refractivity contribution in [1.82, 2.24) is 9.80 Å². The molecular weight excluding hydrogens is 272 g/mol. The molecule has 1 N–H and O–H groups in total. The Labute approximate surface area is 122 Å². The first-order valence-corrected chi connectivity index (χ1v) is 6.95. The summed E-state index contributed by atoms with van der Waals surface area (Å²) in [5.74, 6) is -1.07. The number of imide groups is 1. The van der Waals surface area contributed by atoms with Gasteiger partial charge in [-0.15, -0.1) is 0 Å². The van der Waals surface area contributed by atoms with Gasteiger partial charge in [-0.1, -0.05) is 12.1 Å². The molecule has 3 rings (SSSR count). The molecule has 0 radical (unpaired) electrons. The zero-order chi connectivity index (χ0) is 15.0. The Morgan fingerprint density at radius 2 is 1.67 bits per heavy atom. The number of aliphatic carboxylic acids is 1. The molecule has 0 aliphatic carbocycles. The first-order chi connectivity index (χ1) is 10.1. The van der Waals surface area contributed by atoms with Gasteiger partial charge in [0.25, 0.3) is 11.8 Å². The standard InChI is InChI=1S/C15H16N2O4/c18-13(19)7-10-8-16(9-10)5-6-17-14(20)11-3-1-2-4-12(11)15(17)21/h1-4,10H,5-9H2,(H,18,19). The average molecular weight is 288 g/mol. The van der Waals surface area contributed by atoms with E-state index in [0.717, 1.165) is 13.1 Å². The van der Waals surface area contributed by atoms with Crippen molar-refractivity contribution in [2.75, 3.05) is 26.2 Å². The maximum absolute atomic E-state index is 12.1. The fourth-order valence-corrected chi connectivity index (χ4v) is 2.92. The van der Waals surface area contributed by atoms with Crippen molar-refractivity contribution in [3.8, 4) is 0 Å². The van der Waals surface area contributed by atoms with Gasteiger partial charge in [-0.2, -0.15) is 0 Å². The molecule has 0 unspecified atom stereocenters. The lowest BCUT2D eigenvalue weighted by molar-refractivity contribution is -0.139. The van der Waals surface area contributed by atoms with E-state index in [4.69, 9.17) is 5.11 Å². The maximum Gasteiger partial charge on any atom is 0.303 e. The summed E-state index contributed by atoms with van der Waals surface area (Å²) in [6, 6.07) is 6.84. The number of carboxylic acid groups (broad SMARTS) is 1. The molecule has 1 aromatic rings. The van der Waals surface area contributed by atoms with Crippen LogP contribution in [0.15, 0.2) is 24.3 Å². The Bertz CT molecular complexity index is 572. The van der Waals surface area contributed by atoms with Crippen LogP contribution in [0.3, 0.4) is 0 Å². The molecule has 0 spiro atoms. The maximum atomic E-state index is 12.1. The number of rotatable bonds is 5. The van der Waals surface area contributed by atoms with Gasteiger partial charge in [-0.3, -0.25) is 19.3 Å². The highest BCUT2D eigenvalue weighted by Gasteiger charge is 2.36. The van der Waals surface area contributed by atoms with Gasteiger partial charge < -0.3 is 10.0 Å². The van der Waals surface area contributed by atoms with Gasteiger partial charge in [-0.05, 0) is 18.1 Å². The second-order valence-corrected chi connectivity index (χ2v) is 5.53. The summed E-state index contributed by atoms with van der Waals surface area (Å²) >= 11 is 0. The normalized spacial score (nSPS) is 18.8. The smallest absolute Gasteiger partial charge is 0.303 e. The van der Waals surface area contributed by atoms with Crippen molar-refractivity contribution in [2.24, 2.45) is 5.92 Å². The zero-order valence-electron chi connectivity index (χ0n) is 11.5. The van der Waals surface area contributed by atoms with E-state index in [-0.39, 0.29) is 24.2 Å². The van der Waals surface area contributed by atoms with E-state index in [2.05, 4.69) is 4.90 Å². The van der Waals surface area contributed by atoms with E-state index < -0.39 is 5.97 Å². The van der Waals surface area contributed by atoms with E-state index in [1.807, 2.05) is 0 Å². The monoisotopic (exact) mass is 288 g/mol. The first kappa shape index (κ1) is 13.8. The summed E-state index contributed by atoms with van der Waals surface area (Å²) in [5.41, 5.74) is 0.935. The topological polar surface area (TPSA) is 77.9 Å². The molecule has 0 saturated carbocycles. The van der Waals surface area contributed by atoms with Crippen LogP contribution in [0.25, 0.3) is 0 Å². The van der Waals surface area contributed by atoms with E-state index in [9.17, 15) is 14.4 Å². The van der Waals surface area contributed by atoms with E-state index >= 15 is 0 Å². The van der Waals surface area contributed by atoms with Gasteiger partial charge in [-0.25, -0.2) is 0 Å². The molecule has 0 aromatic heterocycles. The Kier molecular flexibility index (Phi) is 3.47. The summed E-state index contributed by atoms with van der Waals surface area (Å²) in [6.45, 7) is 2.39. The van der Waals surface area contributed by atoms with Gasteiger partial charge in [0.05, 0.1) is 17.5 Å². The second kappa shape index (κ2) is 5.29. The van der Waals surface area contributed by atoms with Crippen LogP contribution < -0.4 is 0 Å². The summed E-state index contributed by atoms with van der Waals surface area (Å²) in [6.07, 6.45) is 0.184. The summed E-state index contributed by atoms with van der Waals surface area (Å²) in [5, 5.41) is 8.69. The molecule has 2 aliphatic heterocycles. The number of nitrogens with zero attached hydrogens (tertiary/aromatic N) is 2. The predicted octanol–water partition coefficient (Wildman–Crippen LogP) is 0.689. The van der Waals surface area contributed by atoms with Crippen LogP contribution in [-0.2, 0) is 4.79 Å². The highest BCUT2D eigenvalue weighted by Crippen LogP contribution is 2.23. The van der Waals surface area contributed by atoms with Crippen molar-refractivity contribution in [3.05, 3.63) is 35.4 Å². The lowest BCUT2D eigenvalue weighted by Crippen LogP contribution is -2.50. The second-order valence-electron chi connectivity index (χ2n) is 5.53.